The SMILES string of the molecule is Cc1ccc(C(=O)N/N=C/c2cc([N+](=O)[O-])ccc2OC(=O)c2ccc(Br)cc2)cc1. The van der Waals surface area contributed by atoms with E-state index in [1.807, 2.05) is 6.92 Å². The van der Waals surface area contributed by atoms with Crippen molar-refractivity contribution in [3.63, 3.8) is 0 Å². The number of non-ortho nitro benzene ring substituents is 1. The molecule has 0 saturated heterocycles. The molecule has 0 saturated carbocycles. The molecule has 0 aliphatic heterocycles. The second-order valence-corrected chi connectivity index (χ2v) is 7.36. The van der Waals surface area contributed by atoms with Crippen LogP contribution in [0, 0.1) is 17.0 Å². The second-order valence-electron chi connectivity index (χ2n) is 6.44. The molecule has 0 aliphatic carbocycles. The topological polar surface area (TPSA) is 111 Å². The Morgan fingerprint density at radius 3 is 2.32 bits per heavy atom. The van der Waals surface area contributed by atoms with Gasteiger partial charge in [-0.1, -0.05) is 33.6 Å². The van der Waals surface area contributed by atoms with E-state index in [1.165, 1.54) is 24.4 Å². The maximum atomic E-state index is 12.4. The van der Waals surface area contributed by atoms with Crippen molar-refractivity contribution < 1.29 is 19.2 Å². The maximum Gasteiger partial charge on any atom is 0.343 e. The second kappa shape index (κ2) is 9.77. The molecular formula is C22H16BrN3O5. The van der Waals surface area contributed by atoms with E-state index in [2.05, 4.69) is 26.5 Å². The van der Waals surface area contributed by atoms with Gasteiger partial charge in [0.1, 0.15) is 5.75 Å². The summed E-state index contributed by atoms with van der Waals surface area (Å²) in [5, 5.41) is 15.0. The van der Waals surface area contributed by atoms with Crippen LogP contribution in [0.25, 0.3) is 0 Å². The summed E-state index contributed by atoms with van der Waals surface area (Å²) in [6, 6.07) is 17.1. The summed E-state index contributed by atoms with van der Waals surface area (Å²) >= 11 is 3.29. The van der Waals surface area contributed by atoms with Gasteiger partial charge >= 0.3 is 5.97 Å². The van der Waals surface area contributed by atoms with E-state index >= 15 is 0 Å². The third-order valence-corrected chi connectivity index (χ3v) is 4.70. The zero-order valence-electron chi connectivity index (χ0n) is 16.2. The van der Waals surface area contributed by atoms with Gasteiger partial charge in [-0.15, -0.1) is 0 Å². The molecule has 0 atom stereocenters. The van der Waals surface area contributed by atoms with Crippen molar-refractivity contribution in [3.8, 4) is 5.75 Å². The van der Waals surface area contributed by atoms with Gasteiger partial charge in [0, 0.05) is 27.7 Å². The predicted molar refractivity (Wildman–Crippen MR) is 118 cm³/mol. The fourth-order valence-corrected chi connectivity index (χ4v) is 2.78. The normalized spacial score (nSPS) is 10.6. The van der Waals surface area contributed by atoms with Crippen LogP contribution in [-0.2, 0) is 0 Å². The van der Waals surface area contributed by atoms with E-state index in [-0.39, 0.29) is 17.0 Å². The van der Waals surface area contributed by atoms with Crippen LogP contribution in [0.3, 0.4) is 0 Å². The highest BCUT2D eigenvalue weighted by molar-refractivity contribution is 9.10. The highest BCUT2D eigenvalue weighted by Gasteiger charge is 2.15. The molecule has 8 nitrogen and oxygen atoms in total. The van der Waals surface area contributed by atoms with Gasteiger partial charge in [-0.25, -0.2) is 10.2 Å². The molecule has 3 aromatic carbocycles. The van der Waals surface area contributed by atoms with Crippen LogP contribution in [0.15, 0.2) is 76.3 Å². The Labute approximate surface area is 185 Å². The van der Waals surface area contributed by atoms with E-state index in [0.29, 0.717) is 11.1 Å². The average molecular weight is 482 g/mol. The molecule has 1 amide bonds. The zero-order valence-corrected chi connectivity index (χ0v) is 17.8. The summed E-state index contributed by atoms with van der Waals surface area (Å²) < 4.78 is 6.18. The average Bonchev–Trinajstić information content (AvgIpc) is 2.75. The lowest BCUT2D eigenvalue weighted by Gasteiger charge is -2.08. The number of benzene rings is 3. The van der Waals surface area contributed by atoms with Gasteiger partial charge in [0.2, 0.25) is 0 Å². The fraction of sp³-hybridized carbons (Fsp3) is 0.0455. The van der Waals surface area contributed by atoms with Crippen molar-refractivity contribution in [1.29, 1.82) is 0 Å². The van der Waals surface area contributed by atoms with Crippen LogP contribution in [0.2, 0.25) is 0 Å². The van der Waals surface area contributed by atoms with Gasteiger partial charge in [0.15, 0.2) is 0 Å². The van der Waals surface area contributed by atoms with Gasteiger partial charge in [-0.3, -0.25) is 14.9 Å². The first-order valence-electron chi connectivity index (χ1n) is 9.00. The Morgan fingerprint density at radius 2 is 1.68 bits per heavy atom. The number of hydrogen-bond donors (Lipinski definition) is 1. The Morgan fingerprint density at radius 1 is 1.03 bits per heavy atom. The van der Waals surface area contributed by atoms with Gasteiger partial charge in [-0.05, 0) is 49.4 Å². The highest BCUT2D eigenvalue weighted by Crippen LogP contribution is 2.24. The molecule has 0 heterocycles. The molecule has 156 valence electrons. The third-order valence-electron chi connectivity index (χ3n) is 4.17. The molecule has 3 aromatic rings. The first-order valence-corrected chi connectivity index (χ1v) is 9.79. The van der Waals surface area contributed by atoms with Crippen molar-refractivity contribution in [1.82, 2.24) is 5.43 Å². The number of halogens is 1. The number of esters is 1. The standard InChI is InChI=1S/C22H16BrN3O5/c1-14-2-4-15(5-3-14)21(27)25-24-13-17-12-19(26(29)30)10-11-20(17)31-22(28)16-6-8-18(23)9-7-16/h2-13H,1H3,(H,25,27)/b24-13+. The molecule has 0 fully saturated rings. The first-order chi connectivity index (χ1) is 14.8. The van der Waals surface area contributed by atoms with Crippen LogP contribution < -0.4 is 10.2 Å². The molecule has 0 aliphatic rings. The third kappa shape index (κ3) is 5.83. The van der Waals surface area contributed by atoms with Crippen molar-refractivity contribution >= 4 is 39.7 Å². The van der Waals surface area contributed by atoms with Crippen LogP contribution in [0.4, 0.5) is 5.69 Å². The Bertz CT molecular complexity index is 1160. The van der Waals surface area contributed by atoms with Crippen molar-refractivity contribution in [2.24, 2.45) is 5.10 Å². The summed E-state index contributed by atoms with van der Waals surface area (Å²) in [6.07, 6.45) is 1.18. The number of nitrogens with one attached hydrogen (secondary N) is 1. The molecule has 31 heavy (non-hydrogen) atoms. The number of hydrazone groups is 1. The van der Waals surface area contributed by atoms with Crippen LogP contribution in [0.1, 0.15) is 31.8 Å². The molecule has 0 aromatic heterocycles. The number of amides is 1. The van der Waals surface area contributed by atoms with Gasteiger partial charge in [0.05, 0.1) is 16.7 Å². The van der Waals surface area contributed by atoms with Gasteiger partial charge < -0.3 is 4.74 Å². The summed E-state index contributed by atoms with van der Waals surface area (Å²) in [5.41, 5.74) is 4.01. The largest absolute Gasteiger partial charge is 0.422 e. The molecule has 0 spiro atoms. The molecule has 3 rings (SSSR count). The smallest absolute Gasteiger partial charge is 0.343 e. The van der Waals surface area contributed by atoms with E-state index < -0.39 is 16.8 Å². The maximum absolute atomic E-state index is 12.4. The molecule has 1 N–H and O–H groups in total. The number of nitrogens with zero attached hydrogens (tertiary/aromatic N) is 2. The number of nitro groups is 1. The monoisotopic (exact) mass is 481 g/mol. The van der Waals surface area contributed by atoms with Crippen LogP contribution >= 0.6 is 15.9 Å². The van der Waals surface area contributed by atoms with E-state index in [4.69, 9.17) is 4.74 Å². The quantitative estimate of drug-likeness (QED) is 0.181. The van der Waals surface area contributed by atoms with Crippen LogP contribution in [-0.4, -0.2) is 23.0 Å². The minimum absolute atomic E-state index is 0.0619. The van der Waals surface area contributed by atoms with Gasteiger partial charge in [0.25, 0.3) is 11.6 Å². The summed E-state index contributed by atoms with van der Waals surface area (Å²) in [7, 11) is 0. The van der Waals surface area contributed by atoms with E-state index in [1.54, 1.807) is 48.5 Å². The molecule has 0 unspecified atom stereocenters. The minimum atomic E-state index is -0.639. The van der Waals surface area contributed by atoms with Crippen molar-refractivity contribution in [2.75, 3.05) is 0 Å². The minimum Gasteiger partial charge on any atom is -0.422 e. The Kier molecular flexibility index (Phi) is 6.88. The summed E-state index contributed by atoms with van der Waals surface area (Å²) in [5.74, 6) is -1.03. The van der Waals surface area contributed by atoms with E-state index in [0.717, 1.165) is 10.0 Å². The number of ether oxygens (including phenoxy) is 1. The lowest BCUT2D eigenvalue weighted by atomic mass is 10.1. The van der Waals surface area contributed by atoms with Crippen molar-refractivity contribution in [3.05, 3.63) is 104 Å². The lowest BCUT2D eigenvalue weighted by Crippen LogP contribution is -2.17. The Balaban J connectivity index is 1.80. The zero-order chi connectivity index (χ0) is 22.4. The number of carbonyl (C=O) groups is 2. The molecule has 9 heteroatoms. The van der Waals surface area contributed by atoms with E-state index in [9.17, 15) is 19.7 Å². The lowest BCUT2D eigenvalue weighted by molar-refractivity contribution is -0.384. The molecule has 0 radical (unpaired) electrons. The summed E-state index contributed by atoms with van der Waals surface area (Å²) in [4.78, 5) is 35.1. The van der Waals surface area contributed by atoms with Crippen LogP contribution in [0.5, 0.6) is 5.75 Å². The highest BCUT2D eigenvalue weighted by atomic mass is 79.9. The molecular weight excluding hydrogens is 466 g/mol. The summed E-state index contributed by atoms with van der Waals surface area (Å²) in [6.45, 7) is 1.90. The number of rotatable bonds is 6. The fourth-order valence-electron chi connectivity index (χ4n) is 2.52. The molecule has 0 bridgehead atoms. The number of aryl methyl sites for hydroxylation is 1. The number of nitro benzene ring substituents is 1. The first kappa shape index (κ1) is 21.8. The van der Waals surface area contributed by atoms with Gasteiger partial charge in [-0.2, -0.15) is 5.10 Å². The number of carbonyl (C=O) groups excluding carboxylic acids is 2. The van der Waals surface area contributed by atoms with Crippen molar-refractivity contribution in [2.45, 2.75) is 6.92 Å². The Hall–Kier alpha value is -3.85. The number of hydrogen-bond acceptors (Lipinski definition) is 6. The predicted octanol–water partition coefficient (Wildman–Crippen LogP) is 4.65.